The molecule has 6 nitrogen and oxygen atoms in total. The molecule has 9 heteroatoms. The molecule has 3 rings (SSSR count). The largest absolute Gasteiger partial charge is 0.452 e. The summed E-state index contributed by atoms with van der Waals surface area (Å²) in [6.07, 6.45) is 1.92. The van der Waals surface area contributed by atoms with E-state index >= 15 is 0 Å². The number of carbonyl (C=O) groups is 2. The summed E-state index contributed by atoms with van der Waals surface area (Å²) in [5.74, 6) is -1.78. The minimum absolute atomic E-state index is 0.0353. The molecular weight excluding hydrogens is 445 g/mol. The van der Waals surface area contributed by atoms with E-state index in [4.69, 9.17) is 16.3 Å². The minimum atomic E-state index is -3.15. The maximum atomic E-state index is 13.3. The average Bonchev–Trinajstić information content (AvgIpc) is 3.11. The van der Waals surface area contributed by atoms with Crippen LogP contribution in [0.5, 0.6) is 0 Å². The molecule has 0 spiro atoms. The maximum Gasteiger partial charge on any atom is 0.339 e. The number of halogens is 2. The molecule has 0 aromatic heterocycles. The van der Waals surface area contributed by atoms with Crippen LogP contribution in [0.3, 0.4) is 0 Å². The van der Waals surface area contributed by atoms with E-state index in [2.05, 4.69) is 0 Å². The predicted molar refractivity (Wildman–Crippen MR) is 117 cm³/mol. The summed E-state index contributed by atoms with van der Waals surface area (Å²) in [4.78, 5) is 26.5. The molecule has 1 aliphatic rings. The zero-order valence-corrected chi connectivity index (χ0v) is 18.3. The summed E-state index contributed by atoms with van der Waals surface area (Å²) < 4.78 is 41.8. The van der Waals surface area contributed by atoms with Gasteiger partial charge in [-0.25, -0.2) is 17.6 Å². The molecule has 1 heterocycles. The highest BCUT2D eigenvalue weighted by Gasteiger charge is 2.33. The van der Waals surface area contributed by atoms with Crippen molar-refractivity contribution in [3.05, 3.63) is 70.5 Å². The molecule has 0 radical (unpaired) electrons. The molecule has 0 bridgehead atoms. The quantitative estimate of drug-likeness (QED) is 0.372. The van der Waals surface area contributed by atoms with Gasteiger partial charge < -0.3 is 9.64 Å². The second-order valence-electron chi connectivity index (χ2n) is 7.25. The second kappa shape index (κ2) is 9.62. The standard InChI is InChI=1S/C22H21ClFNO5S/c1-25(19-10-11-31(28,29)14-19)21(26)13-30-22(27)20(16-4-8-18(24)9-5-16)12-15-2-6-17(23)7-3-15/h2-9,12,19H,10-11,13-14H2,1H3/b20-12+/t19-/m1/s1. The number of nitrogens with zero attached hydrogens (tertiary/aromatic N) is 1. The van der Waals surface area contributed by atoms with Crippen LogP contribution in [0.1, 0.15) is 17.5 Å². The van der Waals surface area contributed by atoms with Crippen LogP contribution < -0.4 is 0 Å². The van der Waals surface area contributed by atoms with Crippen LogP contribution in [0, 0.1) is 5.82 Å². The molecule has 1 fully saturated rings. The third-order valence-corrected chi connectivity index (χ3v) is 7.03. The van der Waals surface area contributed by atoms with Crippen molar-refractivity contribution in [2.75, 3.05) is 25.2 Å². The van der Waals surface area contributed by atoms with Gasteiger partial charge in [-0.05, 0) is 47.9 Å². The summed E-state index contributed by atoms with van der Waals surface area (Å²) in [5.41, 5.74) is 1.23. The molecule has 31 heavy (non-hydrogen) atoms. The zero-order valence-electron chi connectivity index (χ0n) is 16.8. The van der Waals surface area contributed by atoms with Crippen molar-refractivity contribution < 1.29 is 27.1 Å². The summed E-state index contributed by atoms with van der Waals surface area (Å²) in [6.45, 7) is -0.537. The number of hydrogen-bond acceptors (Lipinski definition) is 5. The Hall–Kier alpha value is -2.71. The van der Waals surface area contributed by atoms with Gasteiger partial charge >= 0.3 is 5.97 Å². The number of esters is 1. The lowest BCUT2D eigenvalue weighted by molar-refractivity contribution is -0.147. The lowest BCUT2D eigenvalue weighted by Gasteiger charge is -2.23. The highest BCUT2D eigenvalue weighted by Crippen LogP contribution is 2.22. The van der Waals surface area contributed by atoms with Crippen molar-refractivity contribution in [2.45, 2.75) is 12.5 Å². The molecule has 1 aliphatic heterocycles. The van der Waals surface area contributed by atoms with Crippen LogP contribution in [-0.4, -0.2) is 56.4 Å². The number of sulfone groups is 1. The Morgan fingerprint density at radius 3 is 2.39 bits per heavy atom. The molecule has 1 atom stereocenters. The first-order valence-electron chi connectivity index (χ1n) is 9.51. The minimum Gasteiger partial charge on any atom is -0.452 e. The molecule has 1 saturated heterocycles. The lowest BCUT2D eigenvalue weighted by atomic mass is 10.0. The van der Waals surface area contributed by atoms with E-state index in [1.807, 2.05) is 0 Å². The first-order chi connectivity index (χ1) is 14.6. The molecule has 164 valence electrons. The molecule has 2 aromatic carbocycles. The van der Waals surface area contributed by atoms with Crippen LogP contribution in [0.4, 0.5) is 4.39 Å². The predicted octanol–water partition coefficient (Wildman–Crippen LogP) is 3.21. The Kier molecular flexibility index (Phi) is 7.12. The smallest absolute Gasteiger partial charge is 0.339 e. The van der Waals surface area contributed by atoms with E-state index in [1.54, 1.807) is 30.3 Å². The highest BCUT2D eigenvalue weighted by atomic mass is 35.5. The number of hydrogen-bond donors (Lipinski definition) is 0. The van der Waals surface area contributed by atoms with Crippen LogP contribution in [-0.2, 0) is 24.2 Å². The van der Waals surface area contributed by atoms with Gasteiger partial charge in [-0.3, -0.25) is 4.79 Å². The van der Waals surface area contributed by atoms with E-state index in [1.165, 1.54) is 36.2 Å². The summed E-state index contributed by atoms with van der Waals surface area (Å²) in [6, 6.07) is 11.6. The van der Waals surface area contributed by atoms with E-state index < -0.39 is 40.2 Å². The number of rotatable bonds is 6. The molecule has 0 unspecified atom stereocenters. The molecule has 0 aliphatic carbocycles. The Labute approximate surface area is 185 Å². The first-order valence-corrected chi connectivity index (χ1v) is 11.7. The van der Waals surface area contributed by atoms with Gasteiger partial charge in [0.15, 0.2) is 16.4 Å². The van der Waals surface area contributed by atoms with Gasteiger partial charge in [0.05, 0.1) is 17.1 Å². The normalized spacial score (nSPS) is 17.9. The fourth-order valence-electron chi connectivity index (χ4n) is 3.21. The monoisotopic (exact) mass is 465 g/mol. The molecule has 2 aromatic rings. The van der Waals surface area contributed by atoms with Gasteiger partial charge in [-0.15, -0.1) is 0 Å². The van der Waals surface area contributed by atoms with Gasteiger partial charge in [-0.1, -0.05) is 35.9 Å². The molecule has 0 N–H and O–H groups in total. The number of amides is 1. The van der Waals surface area contributed by atoms with Gasteiger partial charge in [0.1, 0.15) is 5.82 Å². The van der Waals surface area contributed by atoms with Gasteiger partial charge in [0, 0.05) is 18.1 Å². The average molecular weight is 466 g/mol. The Morgan fingerprint density at radius 1 is 1.16 bits per heavy atom. The van der Waals surface area contributed by atoms with Crippen molar-refractivity contribution in [1.29, 1.82) is 0 Å². The summed E-state index contributed by atoms with van der Waals surface area (Å²) in [7, 11) is -1.65. The van der Waals surface area contributed by atoms with E-state index in [-0.39, 0.29) is 17.1 Å². The summed E-state index contributed by atoms with van der Waals surface area (Å²) >= 11 is 5.90. The van der Waals surface area contributed by atoms with E-state index in [9.17, 15) is 22.4 Å². The van der Waals surface area contributed by atoms with E-state index in [0.29, 0.717) is 22.6 Å². The van der Waals surface area contributed by atoms with Gasteiger partial charge in [0.25, 0.3) is 5.91 Å². The number of carbonyl (C=O) groups excluding carboxylic acids is 2. The van der Waals surface area contributed by atoms with Crippen LogP contribution in [0.25, 0.3) is 11.6 Å². The molecule has 1 amide bonds. The Bertz CT molecular complexity index is 1100. The van der Waals surface area contributed by atoms with Gasteiger partial charge in [-0.2, -0.15) is 0 Å². The van der Waals surface area contributed by atoms with Crippen LogP contribution in [0.15, 0.2) is 48.5 Å². The Balaban J connectivity index is 1.74. The van der Waals surface area contributed by atoms with Crippen LogP contribution in [0.2, 0.25) is 5.02 Å². The maximum absolute atomic E-state index is 13.3. The second-order valence-corrected chi connectivity index (χ2v) is 9.92. The zero-order chi connectivity index (χ0) is 22.6. The third-order valence-electron chi connectivity index (χ3n) is 5.03. The molecule has 0 saturated carbocycles. The first kappa shape index (κ1) is 23.0. The lowest BCUT2D eigenvalue weighted by Crippen LogP contribution is -2.40. The van der Waals surface area contributed by atoms with Crippen molar-refractivity contribution in [3.8, 4) is 0 Å². The molecular formula is C22H21ClFNO5S. The summed E-state index contributed by atoms with van der Waals surface area (Å²) in [5, 5.41) is 0.533. The number of ether oxygens (including phenoxy) is 1. The SMILES string of the molecule is CN(C(=O)COC(=O)/C(=C/c1ccc(Cl)cc1)c1ccc(F)cc1)[C@@H]1CCS(=O)(=O)C1. The van der Waals surface area contributed by atoms with Crippen molar-refractivity contribution in [2.24, 2.45) is 0 Å². The topological polar surface area (TPSA) is 80.8 Å². The number of likely N-dealkylation sites (N-methyl/N-ethyl adjacent to an activating group) is 1. The highest BCUT2D eigenvalue weighted by molar-refractivity contribution is 7.91. The van der Waals surface area contributed by atoms with Crippen molar-refractivity contribution >= 4 is 45.0 Å². The fourth-order valence-corrected chi connectivity index (χ4v) is 5.11. The van der Waals surface area contributed by atoms with Crippen molar-refractivity contribution in [3.63, 3.8) is 0 Å². The van der Waals surface area contributed by atoms with Crippen molar-refractivity contribution in [1.82, 2.24) is 4.90 Å². The van der Waals surface area contributed by atoms with Crippen LogP contribution >= 0.6 is 11.6 Å². The van der Waals surface area contributed by atoms with E-state index in [0.717, 1.165) is 0 Å². The fraction of sp³-hybridized carbons (Fsp3) is 0.273. The third kappa shape index (κ3) is 6.15. The number of benzene rings is 2. The van der Waals surface area contributed by atoms with Gasteiger partial charge in [0.2, 0.25) is 0 Å². The Morgan fingerprint density at radius 2 is 1.81 bits per heavy atom.